The molecular weight excluding hydrogens is 313 g/mol. The Morgan fingerprint density at radius 2 is 1.82 bits per heavy atom. The summed E-state index contributed by atoms with van der Waals surface area (Å²) in [5.41, 5.74) is 4.98. The van der Waals surface area contributed by atoms with Gasteiger partial charge in [0, 0.05) is 27.2 Å². The molecule has 1 aliphatic carbocycles. The molecule has 2 aromatic carbocycles. The topological polar surface area (TPSA) is 12.0 Å². The zero-order valence-corrected chi connectivity index (χ0v) is 13.8. The standard InChI is InChI=1S/C19H17Cl2N/c1-11-5-10-16(21)17-14-3-2-4-15(14)19(22-18(11)17)12-6-8-13(20)9-7-12/h2-3,5-10,14-15,19,22H,4H2,1H3/t14-,15+,19+/m1/s1. The van der Waals surface area contributed by atoms with Crippen LogP contribution in [0.5, 0.6) is 0 Å². The highest BCUT2D eigenvalue weighted by Gasteiger charge is 2.39. The minimum atomic E-state index is 0.293. The zero-order valence-electron chi connectivity index (χ0n) is 12.3. The van der Waals surface area contributed by atoms with Gasteiger partial charge in [-0.2, -0.15) is 0 Å². The number of hydrogen-bond donors (Lipinski definition) is 1. The highest BCUT2D eigenvalue weighted by molar-refractivity contribution is 6.32. The number of aryl methyl sites for hydroxylation is 1. The van der Waals surface area contributed by atoms with Crippen molar-refractivity contribution in [2.75, 3.05) is 5.32 Å². The van der Waals surface area contributed by atoms with Crippen LogP contribution in [0.4, 0.5) is 5.69 Å². The fourth-order valence-electron chi connectivity index (χ4n) is 3.81. The number of fused-ring (bicyclic) bond motifs is 3. The van der Waals surface area contributed by atoms with E-state index in [1.165, 1.54) is 22.4 Å². The van der Waals surface area contributed by atoms with E-state index in [0.717, 1.165) is 16.5 Å². The molecule has 0 aromatic heterocycles. The summed E-state index contributed by atoms with van der Waals surface area (Å²) in [6.07, 6.45) is 5.68. The van der Waals surface area contributed by atoms with E-state index < -0.39 is 0 Å². The molecule has 1 nitrogen and oxygen atoms in total. The normalized spacial score (nSPS) is 25.5. The first-order chi connectivity index (χ1) is 10.6. The predicted octanol–water partition coefficient (Wildman–Crippen LogP) is 6.13. The van der Waals surface area contributed by atoms with Gasteiger partial charge in [-0.3, -0.25) is 0 Å². The lowest BCUT2D eigenvalue weighted by Gasteiger charge is -2.38. The minimum absolute atomic E-state index is 0.293. The highest BCUT2D eigenvalue weighted by atomic mass is 35.5. The highest BCUT2D eigenvalue weighted by Crippen LogP contribution is 2.52. The molecule has 2 aliphatic rings. The average Bonchev–Trinajstić information content (AvgIpc) is 3.00. The van der Waals surface area contributed by atoms with Gasteiger partial charge in [-0.1, -0.05) is 53.6 Å². The summed E-state index contributed by atoms with van der Waals surface area (Å²) in [6.45, 7) is 2.14. The van der Waals surface area contributed by atoms with Crippen molar-refractivity contribution >= 4 is 28.9 Å². The van der Waals surface area contributed by atoms with Gasteiger partial charge in [-0.15, -0.1) is 0 Å². The zero-order chi connectivity index (χ0) is 15.3. The maximum atomic E-state index is 6.50. The molecule has 0 amide bonds. The van der Waals surface area contributed by atoms with Gasteiger partial charge in [0.25, 0.3) is 0 Å². The SMILES string of the molecule is Cc1ccc(Cl)c2c1N[C@@H](c1ccc(Cl)cc1)[C@H]1CC=C[C@@H]21. The Kier molecular flexibility index (Phi) is 3.43. The van der Waals surface area contributed by atoms with Gasteiger partial charge in [0.1, 0.15) is 0 Å². The van der Waals surface area contributed by atoms with Crippen molar-refractivity contribution in [3.8, 4) is 0 Å². The molecule has 0 fully saturated rings. The van der Waals surface area contributed by atoms with Crippen LogP contribution in [0.25, 0.3) is 0 Å². The molecule has 3 atom stereocenters. The predicted molar refractivity (Wildman–Crippen MR) is 94.0 cm³/mol. The van der Waals surface area contributed by atoms with Gasteiger partial charge in [-0.25, -0.2) is 0 Å². The van der Waals surface area contributed by atoms with Crippen LogP contribution >= 0.6 is 23.2 Å². The van der Waals surface area contributed by atoms with Crippen molar-refractivity contribution in [2.45, 2.75) is 25.3 Å². The van der Waals surface area contributed by atoms with Gasteiger partial charge >= 0.3 is 0 Å². The van der Waals surface area contributed by atoms with Crippen LogP contribution in [0.15, 0.2) is 48.6 Å². The van der Waals surface area contributed by atoms with Crippen molar-refractivity contribution in [2.24, 2.45) is 5.92 Å². The third kappa shape index (κ3) is 2.15. The number of nitrogens with one attached hydrogen (secondary N) is 1. The summed E-state index contributed by atoms with van der Waals surface area (Å²) in [5.74, 6) is 0.900. The summed E-state index contributed by atoms with van der Waals surface area (Å²) >= 11 is 12.5. The smallest absolute Gasteiger partial charge is 0.0554 e. The molecule has 0 saturated heterocycles. The first-order valence-electron chi connectivity index (χ1n) is 7.63. The molecule has 4 rings (SSSR count). The molecule has 1 aliphatic heterocycles. The Labute approximate surface area is 140 Å². The molecule has 2 aromatic rings. The third-order valence-corrected chi connectivity index (χ3v) is 5.49. The number of allylic oxidation sites excluding steroid dienone is 2. The van der Waals surface area contributed by atoms with Crippen LogP contribution in [0.3, 0.4) is 0 Å². The fraction of sp³-hybridized carbons (Fsp3) is 0.263. The lowest BCUT2D eigenvalue weighted by Crippen LogP contribution is -2.29. The van der Waals surface area contributed by atoms with Gasteiger partial charge in [-0.05, 0) is 48.6 Å². The van der Waals surface area contributed by atoms with Gasteiger partial charge in [0.15, 0.2) is 0 Å². The second-order valence-electron chi connectivity index (χ2n) is 6.18. The molecule has 22 heavy (non-hydrogen) atoms. The number of benzene rings is 2. The van der Waals surface area contributed by atoms with Crippen LogP contribution in [0.1, 0.15) is 35.1 Å². The average molecular weight is 330 g/mol. The molecule has 0 radical (unpaired) electrons. The summed E-state index contributed by atoms with van der Waals surface area (Å²) in [6, 6.07) is 12.6. The van der Waals surface area contributed by atoms with E-state index in [-0.39, 0.29) is 0 Å². The third-order valence-electron chi connectivity index (χ3n) is 4.90. The van der Waals surface area contributed by atoms with Crippen LogP contribution in [-0.4, -0.2) is 0 Å². The summed E-state index contributed by atoms with van der Waals surface area (Å²) in [4.78, 5) is 0. The molecule has 0 unspecified atom stereocenters. The van der Waals surface area contributed by atoms with Crippen molar-refractivity contribution in [1.82, 2.24) is 0 Å². The van der Waals surface area contributed by atoms with E-state index in [2.05, 4.69) is 42.6 Å². The van der Waals surface area contributed by atoms with Crippen LogP contribution in [-0.2, 0) is 0 Å². The van der Waals surface area contributed by atoms with E-state index in [9.17, 15) is 0 Å². The molecule has 112 valence electrons. The fourth-order valence-corrected chi connectivity index (χ4v) is 4.22. The van der Waals surface area contributed by atoms with Crippen LogP contribution in [0.2, 0.25) is 10.0 Å². The number of halogens is 2. The lowest BCUT2D eigenvalue weighted by atomic mass is 9.76. The number of hydrogen-bond acceptors (Lipinski definition) is 1. The molecule has 0 spiro atoms. The minimum Gasteiger partial charge on any atom is -0.377 e. The van der Waals surface area contributed by atoms with E-state index >= 15 is 0 Å². The Morgan fingerprint density at radius 3 is 2.59 bits per heavy atom. The monoisotopic (exact) mass is 329 g/mol. The first kappa shape index (κ1) is 14.2. The maximum absolute atomic E-state index is 6.50. The molecule has 0 saturated carbocycles. The summed E-state index contributed by atoms with van der Waals surface area (Å²) in [7, 11) is 0. The molecule has 3 heteroatoms. The Morgan fingerprint density at radius 1 is 1.05 bits per heavy atom. The van der Waals surface area contributed by atoms with E-state index in [1.807, 2.05) is 18.2 Å². The van der Waals surface area contributed by atoms with E-state index in [4.69, 9.17) is 23.2 Å². The van der Waals surface area contributed by atoms with Crippen molar-refractivity contribution in [3.05, 3.63) is 75.3 Å². The maximum Gasteiger partial charge on any atom is 0.0554 e. The molecular formula is C19H17Cl2N. The largest absolute Gasteiger partial charge is 0.377 e. The summed E-state index contributed by atoms with van der Waals surface area (Å²) in [5, 5.41) is 5.39. The van der Waals surface area contributed by atoms with Crippen molar-refractivity contribution < 1.29 is 0 Å². The van der Waals surface area contributed by atoms with Crippen LogP contribution in [0, 0.1) is 12.8 Å². The second-order valence-corrected chi connectivity index (χ2v) is 7.02. The quantitative estimate of drug-likeness (QED) is 0.620. The Balaban J connectivity index is 1.84. The molecule has 1 heterocycles. The van der Waals surface area contributed by atoms with Crippen molar-refractivity contribution in [3.63, 3.8) is 0 Å². The van der Waals surface area contributed by atoms with E-state index in [0.29, 0.717) is 17.9 Å². The first-order valence-corrected chi connectivity index (χ1v) is 8.38. The Hall–Kier alpha value is -1.44. The van der Waals surface area contributed by atoms with Gasteiger partial charge < -0.3 is 5.32 Å². The van der Waals surface area contributed by atoms with Crippen molar-refractivity contribution in [1.29, 1.82) is 0 Å². The van der Waals surface area contributed by atoms with Gasteiger partial charge in [0.05, 0.1) is 6.04 Å². The Bertz CT molecular complexity index is 749. The summed E-state index contributed by atoms with van der Waals surface area (Å²) < 4.78 is 0. The van der Waals surface area contributed by atoms with Gasteiger partial charge in [0.2, 0.25) is 0 Å². The van der Waals surface area contributed by atoms with E-state index in [1.54, 1.807) is 0 Å². The second kappa shape index (κ2) is 5.33. The molecule has 0 bridgehead atoms. The number of rotatable bonds is 1. The lowest BCUT2D eigenvalue weighted by molar-refractivity contribution is 0.425. The number of anilines is 1. The molecule has 1 N–H and O–H groups in total. The van der Waals surface area contributed by atoms with Crippen LogP contribution < -0.4 is 5.32 Å².